The molecule has 0 fully saturated rings. The monoisotopic (exact) mass is 174 g/mol. The van der Waals surface area contributed by atoms with Gasteiger partial charge in [0.15, 0.2) is 0 Å². The molecule has 0 amide bonds. The summed E-state index contributed by atoms with van der Waals surface area (Å²) in [6, 6.07) is 0. The second-order valence-electron chi connectivity index (χ2n) is 1.31. The molecule has 0 saturated heterocycles. The minimum atomic E-state index is 0. The predicted octanol–water partition coefficient (Wildman–Crippen LogP) is -0.204. The first-order valence-electron chi connectivity index (χ1n) is 2.56. The van der Waals surface area contributed by atoms with Crippen molar-refractivity contribution in [2.24, 2.45) is 0 Å². The molecule has 0 aromatic rings. The molecule has 4 heteroatoms. The normalized spacial score (nSPS) is 7.80. The Hall–Kier alpha value is 1.04. The Balaban J connectivity index is -0.000000245. The van der Waals surface area contributed by atoms with Crippen LogP contribution in [0.15, 0.2) is 0 Å². The first kappa shape index (κ1) is 17.2. The van der Waals surface area contributed by atoms with Crippen molar-refractivity contribution in [2.45, 2.75) is 0 Å². The molecule has 0 radical (unpaired) electrons. The van der Waals surface area contributed by atoms with Crippen molar-refractivity contribution in [3.63, 3.8) is 0 Å². The molecule has 0 aliphatic heterocycles. The van der Waals surface area contributed by atoms with Gasteiger partial charge in [0.05, 0.1) is 6.61 Å². The van der Waals surface area contributed by atoms with Crippen molar-refractivity contribution in [3.8, 4) is 0 Å². The van der Waals surface area contributed by atoms with Gasteiger partial charge in [-0.05, 0) is 5.75 Å². The SMILES string of the molecule is COCCSCC[O-].[CH3-].[Mg+2]. The molecule has 2 nitrogen and oxygen atoms in total. The Morgan fingerprint density at radius 3 is 2.40 bits per heavy atom. The Bertz CT molecular complexity index is 40.7. The van der Waals surface area contributed by atoms with E-state index in [-0.39, 0.29) is 37.1 Å². The van der Waals surface area contributed by atoms with Crippen LogP contribution >= 0.6 is 11.8 Å². The van der Waals surface area contributed by atoms with E-state index in [0.29, 0.717) is 5.75 Å². The molecule has 0 heterocycles. The van der Waals surface area contributed by atoms with Gasteiger partial charge in [-0.15, -0.1) is 6.61 Å². The zero-order valence-corrected chi connectivity index (χ0v) is 8.99. The van der Waals surface area contributed by atoms with Crippen molar-refractivity contribution >= 4 is 34.8 Å². The fraction of sp³-hybridized carbons (Fsp3) is 0.833. The fourth-order valence-corrected chi connectivity index (χ4v) is 0.910. The van der Waals surface area contributed by atoms with Gasteiger partial charge < -0.3 is 17.3 Å². The zero-order valence-electron chi connectivity index (χ0n) is 6.76. The smallest absolute Gasteiger partial charge is 0.854 e. The van der Waals surface area contributed by atoms with Gasteiger partial charge >= 0.3 is 23.1 Å². The number of hydrogen-bond donors (Lipinski definition) is 0. The Morgan fingerprint density at radius 1 is 1.40 bits per heavy atom. The van der Waals surface area contributed by atoms with E-state index in [1.54, 1.807) is 18.9 Å². The fourth-order valence-electron chi connectivity index (χ4n) is 0.303. The first-order valence-corrected chi connectivity index (χ1v) is 3.72. The number of ether oxygens (including phenoxy) is 1. The molecule has 0 aromatic carbocycles. The number of thioether (sulfide) groups is 1. The van der Waals surface area contributed by atoms with Crippen LogP contribution in [0.4, 0.5) is 0 Å². The van der Waals surface area contributed by atoms with E-state index in [2.05, 4.69) is 0 Å². The molecule has 0 bridgehead atoms. The van der Waals surface area contributed by atoms with Crippen molar-refractivity contribution in [1.29, 1.82) is 0 Å². The minimum Gasteiger partial charge on any atom is -0.854 e. The van der Waals surface area contributed by atoms with Crippen molar-refractivity contribution < 1.29 is 9.84 Å². The maximum absolute atomic E-state index is 9.83. The molecule has 0 aliphatic carbocycles. The standard InChI is InChI=1S/C5H11O2S.CH3.Mg/c1-7-3-5-8-4-2-6;;/h2-5H2,1H3;1H3;/q2*-1;+2. The summed E-state index contributed by atoms with van der Waals surface area (Å²) in [6.45, 7) is 0.777. The topological polar surface area (TPSA) is 32.3 Å². The summed E-state index contributed by atoms with van der Waals surface area (Å²) in [5.41, 5.74) is 0. The van der Waals surface area contributed by atoms with Crippen LogP contribution in [-0.2, 0) is 4.74 Å². The van der Waals surface area contributed by atoms with E-state index in [9.17, 15) is 5.11 Å². The van der Waals surface area contributed by atoms with Crippen molar-refractivity contribution in [1.82, 2.24) is 0 Å². The molecule has 0 saturated carbocycles. The van der Waals surface area contributed by atoms with Gasteiger partial charge in [0, 0.05) is 12.9 Å². The number of hydrogen-bond acceptors (Lipinski definition) is 3. The average Bonchev–Trinajstić information content (AvgIpc) is 1.81. The molecule has 0 aromatic heterocycles. The Kier molecular flexibility index (Phi) is 28.5. The third-order valence-electron chi connectivity index (χ3n) is 0.659. The van der Waals surface area contributed by atoms with E-state index in [1.165, 1.54) is 0 Å². The molecule has 58 valence electrons. The Labute approximate surface area is 83.9 Å². The second kappa shape index (κ2) is 16.6. The van der Waals surface area contributed by atoms with Crippen LogP contribution in [0.25, 0.3) is 0 Å². The average molecular weight is 175 g/mol. The summed E-state index contributed by atoms with van der Waals surface area (Å²) in [6.07, 6.45) is 0. The van der Waals surface area contributed by atoms with E-state index in [1.807, 2.05) is 0 Å². The zero-order chi connectivity index (χ0) is 6.24. The summed E-state index contributed by atoms with van der Waals surface area (Å²) in [5, 5.41) is 9.83. The van der Waals surface area contributed by atoms with Crippen LogP contribution in [0.3, 0.4) is 0 Å². The minimum absolute atomic E-state index is 0. The molecular weight excluding hydrogens is 160 g/mol. The summed E-state index contributed by atoms with van der Waals surface area (Å²) >= 11 is 1.64. The molecule has 0 aliphatic rings. The van der Waals surface area contributed by atoms with E-state index >= 15 is 0 Å². The summed E-state index contributed by atoms with van der Waals surface area (Å²) in [5.74, 6) is 1.65. The van der Waals surface area contributed by atoms with Crippen LogP contribution in [0.2, 0.25) is 0 Å². The summed E-state index contributed by atoms with van der Waals surface area (Å²) in [7, 11) is 1.66. The third-order valence-corrected chi connectivity index (χ3v) is 1.57. The first-order chi connectivity index (χ1) is 3.91. The summed E-state index contributed by atoms with van der Waals surface area (Å²) < 4.78 is 4.77. The molecule has 0 N–H and O–H groups in total. The van der Waals surface area contributed by atoms with Crippen LogP contribution < -0.4 is 5.11 Å². The molecule has 0 spiro atoms. The number of rotatable bonds is 5. The van der Waals surface area contributed by atoms with E-state index < -0.39 is 0 Å². The second-order valence-corrected chi connectivity index (χ2v) is 2.53. The van der Waals surface area contributed by atoms with Crippen molar-refractivity contribution in [3.05, 3.63) is 7.43 Å². The van der Waals surface area contributed by atoms with E-state index in [4.69, 9.17) is 4.74 Å². The third kappa shape index (κ3) is 16.0. The quantitative estimate of drug-likeness (QED) is 0.329. The van der Waals surface area contributed by atoms with Gasteiger partial charge in [-0.3, -0.25) is 0 Å². The molecule has 0 rings (SSSR count). The molecule has 10 heavy (non-hydrogen) atoms. The predicted molar refractivity (Wildman–Crippen MR) is 46.2 cm³/mol. The Morgan fingerprint density at radius 2 is 2.00 bits per heavy atom. The van der Waals surface area contributed by atoms with Crippen LogP contribution in [0.5, 0.6) is 0 Å². The largest absolute Gasteiger partial charge is 2.00 e. The molecule has 0 atom stereocenters. The van der Waals surface area contributed by atoms with Crippen LogP contribution in [0, 0.1) is 7.43 Å². The maximum Gasteiger partial charge on any atom is 2.00 e. The maximum atomic E-state index is 9.83. The molecular formula is C6H14MgO2S. The van der Waals surface area contributed by atoms with Gasteiger partial charge in [0.1, 0.15) is 0 Å². The van der Waals surface area contributed by atoms with Gasteiger partial charge in [-0.25, -0.2) is 0 Å². The number of methoxy groups -OCH3 is 1. The van der Waals surface area contributed by atoms with Gasteiger partial charge in [-0.2, -0.15) is 11.8 Å². The van der Waals surface area contributed by atoms with Crippen LogP contribution in [0.1, 0.15) is 0 Å². The van der Waals surface area contributed by atoms with Crippen LogP contribution in [-0.4, -0.2) is 54.9 Å². The van der Waals surface area contributed by atoms with Gasteiger partial charge in [0.25, 0.3) is 0 Å². The molecule has 0 unspecified atom stereocenters. The summed E-state index contributed by atoms with van der Waals surface area (Å²) in [4.78, 5) is 0. The van der Waals surface area contributed by atoms with Gasteiger partial charge in [0.2, 0.25) is 0 Å². The van der Waals surface area contributed by atoms with Gasteiger partial charge in [-0.1, -0.05) is 0 Å². The van der Waals surface area contributed by atoms with E-state index in [0.717, 1.165) is 12.4 Å². The van der Waals surface area contributed by atoms with Crippen molar-refractivity contribution in [2.75, 3.05) is 31.8 Å².